The zero-order chi connectivity index (χ0) is 24.1. The van der Waals surface area contributed by atoms with Crippen LogP contribution in [0.2, 0.25) is 5.02 Å². The first kappa shape index (κ1) is 24.3. The first-order valence-electron chi connectivity index (χ1n) is 11.6. The minimum atomic E-state index is -0.684. The fourth-order valence-electron chi connectivity index (χ4n) is 4.42. The van der Waals surface area contributed by atoms with Gasteiger partial charge in [0.25, 0.3) is 11.7 Å². The molecule has 1 N–H and O–H groups in total. The lowest BCUT2D eigenvalue weighted by Crippen LogP contribution is -2.38. The van der Waals surface area contributed by atoms with Crippen molar-refractivity contribution in [2.45, 2.75) is 19.4 Å². The molecular weight excluding hydrogens is 456 g/mol. The van der Waals surface area contributed by atoms with E-state index in [1.54, 1.807) is 29.2 Å². The van der Waals surface area contributed by atoms with Crippen molar-refractivity contribution < 1.29 is 24.2 Å². The second-order valence-corrected chi connectivity index (χ2v) is 8.75. The highest BCUT2D eigenvalue weighted by atomic mass is 35.5. The van der Waals surface area contributed by atoms with Gasteiger partial charge >= 0.3 is 0 Å². The van der Waals surface area contributed by atoms with Gasteiger partial charge in [0.1, 0.15) is 11.5 Å². The van der Waals surface area contributed by atoms with Crippen molar-refractivity contribution in [1.29, 1.82) is 0 Å². The van der Waals surface area contributed by atoms with Crippen LogP contribution < -0.4 is 4.74 Å². The van der Waals surface area contributed by atoms with E-state index in [0.29, 0.717) is 49.1 Å². The number of rotatable bonds is 8. The van der Waals surface area contributed by atoms with Crippen LogP contribution >= 0.6 is 11.6 Å². The second kappa shape index (κ2) is 11.0. The molecular formula is C26H29ClN2O5. The van der Waals surface area contributed by atoms with Crippen molar-refractivity contribution in [1.82, 2.24) is 9.80 Å². The number of carbonyl (C=O) groups excluding carboxylic acids is 2. The zero-order valence-electron chi connectivity index (χ0n) is 19.2. The lowest BCUT2D eigenvalue weighted by atomic mass is 9.95. The van der Waals surface area contributed by atoms with Gasteiger partial charge in [0.15, 0.2) is 0 Å². The van der Waals surface area contributed by atoms with Gasteiger partial charge in [-0.25, -0.2) is 0 Å². The largest absolute Gasteiger partial charge is 0.507 e. The molecule has 2 aliphatic rings. The molecule has 2 aliphatic heterocycles. The number of benzene rings is 2. The van der Waals surface area contributed by atoms with Crippen molar-refractivity contribution in [3.8, 4) is 5.75 Å². The van der Waals surface area contributed by atoms with Crippen LogP contribution in [0.4, 0.5) is 0 Å². The maximum absolute atomic E-state index is 13.1. The average Bonchev–Trinajstić information content (AvgIpc) is 3.10. The minimum absolute atomic E-state index is 0.0860. The van der Waals surface area contributed by atoms with E-state index in [9.17, 15) is 14.7 Å². The number of aliphatic hydroxyl groups excluding tert-OH is 1. The Labute approximate surface area is 204 Å². The molecule has 180 valence electrons. The molecule has 0 aromatic heterocycles. The molecule has 0 saturated carbocycles. The number of halogens is 1. The average molecular weight is 485 g/mol. The third-order valence-electron chi connectivity index (χ3n) is 6.14. The van der Waals surface area contributed by atoms with Crippen molar-refractivity contribution >= 4 is 29.1 Å². The lowest BCUT2D eigenvalue weighted by Gasteiger charge is -2.29. The predicted octanol–water partition coefficient (Wildman–Crippen LogP) is 3.88. The highest BCUT2D eigenvalue weighted by Crippen LogP contribution is 2.40. The Kier molecular flexibility index (Phi) is 7.88. The fraction of sp³-hybridized carbons (Fsp3) is 0.385. The van der Waals surface area contributed by atoms with Gasteiger partial charge in [0, 0.05) is 36.8 Å². The summed E-state index contributed by atoms with van der Waals surface area (Å²) in [5, 5.41) is 11.6. The quantitative estimate of drug-likeness (QED) is 0.348. The van der Waals surface area contributed by atoms with Crippen LogP contribution in [0.5, 0.6) is 5.75 Å². The topological polar surface area (TPSA) is 79.3 Å². The number of likely N-dealkylation sites (tertiary alicyclic amines) is 1. The Morgan fingerprint density at radius 2 is 1.74 bits per heavy atom. The second-order valence-electron chi connectivity index (χ2n) is 8.31. The molecule has 2 aromatic rings. The number of hydrogen-bond acceptors (Lipinski definition) is 6. The molecule has 0 radical (unpaired) electrons. The highest BCUT2D eigenvalue weighted by Gasteiger charge is 2.45. The van der Waals surface area contributed by atoms with Crippen LogP contribution in [0.1, 0.15) is 30.5 Å². The summed E-state index contributed by atoms with van der Waals surface area (Å²) in [5.41, 5.74) is 1.26. The summed E-state index contributed by atoms with van der Waals surface area (Å²) in [6, 6.07) is 13.2. The molecule has 1 atom stereocenters. The number of nitrogens with zero attached hydrogens (tertiary/aromatic N) is 2. The third kappa shape index (κ3) is 5.27. The first-order chi connectivity index (χ1) is 16.5. The summed E-state index contributed by atoms with van der Waals surface area (Å²) in [5.74, 6) is -0.785. The van der Waals surface area contributed by atoms with E-state index < -0.39 is 17.7 Å². The van der Waals surface area contributed by atoms with Crippen molar-refractivity contribution in [3.63, 3.8) is 0 Å². The number of ether oxygens (including phenoxy) is 2. The molecule has 2 aromatic carbocycles. The zero-order valence-corrected chi connectivity index (χ0v) is 20.0. The van der Waals surface area contributed by atoms with E-state index in [0.717, 1.165) is 25.2 Å². The van der Waals surface area contributed by atoms with Gasteiger partial charge in [-0.1, -0.05) is 23.7 Å². The van der Waals surface area contributed by atoms with Gasteiger partial charge < -0.3 is 19.5 Å². The summed E-state index contributed by atoms with van der Waals surface area (Å²) in [6.45, 7) is 6.78. The molecule has 1 unspecified atom stereocenters. The van der Waals surface area contributed by atoms with Gasteiger partial charge in [-0.3, -0.25) is 14.5 Å². The van der Waals surface area contributed by atoms with Gasteiger partial charge in [0.2, 0.25) is 0 Å². The van der Waals surface area contributed by atoms with Crippen LogP contribution in [0.25, 0.3) is 5.76 Å². The molecule has 4 rings (SSSR count). The van der Waals surface area contributed by atoms with Gasteiger partial charge in [0.05, 0.1) is 31.4 Å². The maximum Gasteiger partial charge on any atom is 0.295 e. The SMILES string of the molecule is CCOc1ccc(C2C(=C(O)c3ccc(Cl)cc3)C(=O)C(=O)N2CCCN2CCOCC2)cc1. The van der Waals surface area contributed by atoms with Crippen LogP contribution in [0.15, 0.2) is 54.1 Å². The molecule has 2 saturated heterocycles. The standard InChI is InChI=1S/C26H29ClN2O5/c1-2-34-21-10-6-18(7-11-21)23-22(24(30)19-4-8-20(27)9-5-19)25(31)26(32)29(23)13-3-12-28-14-16-33-17-15-28/h4-11,23,30H,2-3,12-17H2,1H3. The van der Waals surface area contributed by atoms with E-state index in [-0.39, 0.29) is 11.3 Å². The molecule has 8 heteroatoms. The Hall–Kier alpha value is -2.87. The van der Waals surface area contributed by atoms with Gasteiger partial charge in [-0.2, -0.15) is 0 Å². The van der Waals surface area contributed by atoms with Crippen LogP contribution in [-0.4, -0.2) is 72.6 Å². The van der Waals surface area contributed by atoms with Crippen LogP contribution in [-0.2, 0) is 14.3 Å². The number of aliphatic hydroxyl groups is 1. The molecule has 2 heterocycles. The smallest absolute Gasteiger partial charge is 0.295 e. The van der Waals surface area contributed by atoms with Crippen LogP contribution in [0.3, 0.4) is 0 Å². The monoisotopic (exact) mass is 484 g/mol. The third-order valence-corrected chi connectivity index (χ3v) is 6.39. The summed E-state index contributed by atoms with van der Waals surface area (Å²) in [7, 11) is 0. The minimum Gasteiger partial charge on any atom is -0.507 e. The van der Waals surface area contributed by atoms with E-state index in [2.05, 4.69) is 4.90 Å². The molecule has 1 amide bonds. The number of amides is 1. The first-order valence-corrected chi connectivity index (χ1v) is 11.9. The van der Waals surface area contributed by atoms with Gasteiger partial charge in [-0.05, 0) is 55.3 Å². The highest BCUT2D eigenvalue weighted by molar-refractivity contribution is 6.46. The maximum atomic E-state index is 13.1. The van der Waals surface area contributed by atoms with Crippen molar-refractivity contribution in [3.05, 3.63) is 70.3 Å². The molecule has 2 fully saturated rings. The summed E-state index contributed by atoms with van der Waals surface area (Å²) >= 11 is 5.99. The number of Topliss-reactive ketones (excluding diaryl/α,β-unsaturated/α-hetero) is 1. The Morgan fingerprint density at radius 1 is 1.06 bits per heavy atom. The number of hydrogen-bond donors (Lipinski definition) is 1. The Morgan fingerprint density at radius 3 is 2.38 bits per heavy atom. The van der Waals surface area contributed by atoms with Crippen molar-refractivity contribution in [2.75, 3.05) is 46.0 Å². The van der Waals surface area contributed by atoms with E-state index in [1.165, 1.54) is 0 Å². The molecule has 34 heavy (non-hydrogen) atoms. The Balaban J connectivity index is 1.66. The molecule has 0 bridgehead atoms. The van der Waals surface area contributed by atoms with E-state index in [1.807, 2.05) is 31.2 Å². The van der Waals surface area contributed by atoms with Gasteiger partial charge in [-0.15, -0.1) is 0 Å². The Bertz CT molecular complexity index is 1050. The summed E-state index contributed by atoms with van der Waals surface area (Å²) < 4.78 is 10.9. The van der Waals surface area contributed by atoms with Crippen molar-refractivity contribution in [2.24, 2.45) is 0 Å². The van der Waals surface area contributed by atoms with Crippen LogP contribution in [0, 0.1) is 0 Å². The lowest BCUT2D eigenvalue weighted by molar-refractivity contribution is -0.140. The fourth-order valence-corrected chi connectivity index (χ4v) is 4.55. The molecule has 0 aliphatic carbocycles. The van der Waals surface area contributed by atoms with E-state index in [4.69, 9.17) is 21.1 Å². The predicted molar refractivity (Wildman–Crippen MR) is 130 cm³/mol. The molecule has 7 nitrogen and oxygen atoms in total. The normalized spacial score (nSPS) is 20.6. The number of carbonyl (C=O) groups is 2. The number of morpholine rings is 1. The molecule has 0 spiro atoms. The number of ketones is 1. The summed E-state index contributed by atoms with van der Waals surface area (Å²) in [4.78, 5) is 30.1. The summed E-state index contributed by atoms with van der Waals surface area (Å²) in [6.07, 6.45) is 0.710. The van der Waals surface area contributed by atoms with E-state index >= 15 is 0 Å².